The van der Waals surface area contributed by atoms with Gasteiger partial charge in [0, 0.05) is 80.4 Å². The molecule has 0 saturated carbocycles. The summed E-state index contributed by atoms with van der Waals surface area (Å²) in [5, 5.41) is 5.63. The highest BCUT2D eigenvalue weighted by atomic mass is 16.6. The Morgan fingerprint density at radius 2 is 1.86 bits per heavy atom. The summed E-state index contributed by atoms with van der Waals surface area (Å²) in [5.41, 5.74) is 1.37. The maximum atomic E-state index is 12.5. The number of piperazine rings is 1. The second-order valence-electron chi connectivity index (χ2n) is 10.3. The van der Waals surface area contributed by atoms with Gasteiger partial charge in [-0.15, -0.1) is 0 Å². The SMILES string of the molecule is CC(C)(C)OC(=O)N1CCN(c2nc(-c3ccnc(NC4CCOCC4)c3)cc3cnccc23)CC1. The lowest BCUT2D eigenvalue weighted by molar-refractivity contribution is 0.0240. The largest absolute Gasteiger partial charge is 0.444 e. The zero-order chi connectivity index (χ0) is 25.1. The van der Waals surface area contributed by atoms with Gasteiger partial charge in [-0.2, -0.15) is 0 Å². The maximum absolute atomic E-state index is 12.5. The van der Waals surface area contributed by atoms with Crippen LogP contribution in [-0.4, -0.2) is 77.0 Å². The lowest BCUT2D eigenvalue weighted by atomic mass is 10.1. The molecule has 2 fully saturated rings. The van der Waals surface area contributed by atoms with Crippen molar-refractivity contribution >= 4 is 28.5 Å². The van der Waals surface area contributed by atoms with Crippen molar-refractivity contribution in [3.8, 4) is 11.3 Å². The van der Waals surface area contributed by atoms with Gasteiger partial charge in [-0.3, -0.25) is 4.98 Å². The van der Waals surface area contributed by atoms with Gasteiger partial charge in [-0.1, -0.05) is 0 Å². The lowest BCUT2D eigenvalue weighted by Crippen LogP contribution is -2.50. The molecular formula is C27H34N6O3. The third kappa shape index (κ3) is 5.67. The van der Waals surface area contributed by atoms with Gasteiger partial charge in [0.2, 0.25) is 0 Å². The number of hydrogen-bond acceptors (Lipinski definition) is 8. The standard InChI is InChI=1S/C27H34N6O3/c1-27(2,3)36-26(34)33-12-10-32(11-13-33)25-22-5-8-28-18-20(22)16-23(31-25)19-4-9-29-24(17-19)30-21-6-14-35-15-7-21/h4-5,8-9,16-18,21H,6-7,10-15H2,1-3H3,(H,29,30). The number of ether oxygens (including phenoxy) is 2. The predicted octanol–water partition coefficient (Wildman–Crippen LogP) is 4.34. The fourth-order valence-corrected chi connectivity index (χ4v) is 4.62. The third-order valence-electron chi connectivity index (χ3n) is 6.47. The number of amides is 1. The van der Waals surface area contributed by atoms with Crippen molar-refractivity contribution in [3.05, 3.63) is 42.9 Å². The molecule has 1 N–H and O–H groups in total. The Bertz CT molecular complexity index is 1210. The molecule has 3 aromatic rings. The molecule has 2 aliphatic heterocycles. The molecule has 1 amide bonds. The van der Waals surface area contributed by atoms with Crippen LogP contribution in [0, 0.1) is 0 Å². The summed E-state index contributed by atoms with van der Waals surface area (Å²) >= 11 is 0. The zero-order valence-electron chi connectivity index (χ0n) is 21.2. The van der Waals surface area contributed by atoms with Gasteiger partial charge in [0.15, 0.2) is 0 Å². The average Bonchev–Trinajstić information content (AvgIpc) is 2.88. The van der Waals surface area contributed by atoms with Gasteiger partial charge >= 0.3 is 6.09 Å². The van der Waals surface area contributed by atoms with Crippen LogP contribution in [0.4, 0.5) is 16.4 Å². The number of fused-ring (bicyclic) bond motifs is 1. The van der Waals surface area contributed by atoms with Crippen LogP contribution in [0.2, 0.25) is 0 Å². The van der Waals surface area contributed by atoms with Crippen molar-refractivity contribution in [2.24, 2.45) is 0 Å². The van der Waals surface area contributed by atoms with Gasteiger partial charge in [0.25, 0.3) is 0 Å². The first-order valence-electron chi connectivity index (χ1n) is 12.6. The minimum Gasteiger partial charge on any atom is -0.444 e. The Morgan fingerprint density at radius 1 is 1.08 bits per heavy atom. The molecule has 36 heavy (non-hydrogen) atoms. The van der Waals surface area contributed by atoms with Crippen LogP contribution in [0.1, 0.15) is 33.6 Å². The fourth-order valence-electron chi connectivity index (χ4n) is 4.62. The quantitative estimate of drug-likeness (QED) is 0.577. The summed E-state index contributed by atoms with van der Waals surface area (Å²) in [5.74, 6) is 1.75. The molecule has 0 unspecified atom stereocenters. The van der Waals surface area contributed by atoms with E-state index >= 15 is 0 Å². The van der Waals surface area contributed by atoms with Gasteiger partial charge in [0.1, 0.15) is 17.2 Å². The van der Waals surface area contributed by atoms with E-state index in [1.165, 1.54) is 0 Å². The molecule has 0 atom stereocenters. The highest BCUT2D eigenvalue weighted by Crippen LogP contribution is 2.31. The molecule has 5 rings (SSSR count). The topological polar surface area (TPSA) is 92.7 Å². The molecule has 2 saturated heterocycles. The first-order chi connectivity index (χ1) is 17.4. The molecular weight excluding hydrogens is 456 g/mol. The minimum absolute atomic E-state index is 0.265. The number of anilines is 2. The van der Waals surface area contributed by atoms with Crippen LogP contribution in [0.15, 0.2) is 42.9 Å². The van der Waals surface area contributed by atoms with Crippen molar-refractivity contribution < 1.29 is 14.3 Å². The number of hydrogen-bond donors (Lipinski definition) is 1. The van der Waals surface area contributed by atoms with E-state index in [1.54, 1.807) is 11.1 Å². The first-order valence-corrected chi connectivity index (χ1v) is 12.6. The van der Waals surface area contributed by atoms with Crippen molar-refractivity contribution in [2.75, 3.05) is 49.6 Å². The highest BCUT2D eigenvalue weighted by Gasteiger charge is 2.27. The Labute approximate surface area is 211 Å². The van der Waals surface area contributed by atoms with E-state index in [9.17, 15) is 4.79 Å². The van der Waals surface area contributed by atoms with E-state index in [4.69, 9.17) is 14.5 Å². The van der Waals surface area contributed by atoms with Crippen LogP contribution < -0.4 is 10.2 Å². The summed E-state index contributed by atoms with van der Waals surface area (Å²) in [6, 6.07) is 8.50. The molecule has 9 heteroatoms. The second-order valence-corrected chi connectivity index (χ2v) is 10.3. The molecule has 0 bridgehead atoms. The predicted molar refractivity (Wildman–Crippen MR) is 140 cm³/mol. The smallest absolute Gasteiger partial charge is 0.410 e. The van der Waals surface area contributed by atoms with E-state index in [-0.39, 0.29) is 6.09 Å². The average molecular weight is 491 g/mol. The van der Waals surface area contributed by atoms with E-state index in [1.807, 2.05) is 45.3 Å². The van der Waals surface area contributed by atoms with Crippen molar-refractivity contribution in [1.82, 2.24) is 19.9 Å². The van der Waals surface area contributed by atoms with Gasteiger partial charge in [-0.25, -0.2) is 14.8 Å². The van der Waals surface area contributed by atoms with Crippen LogP contribution in [0.25, 0.3) is 22.0 Å². The summed E-state index contributed by atoms with van der Waals surface area (Å²) in [4.78, 5) is 30.5. The van der Waals surface area contributed by atoms with Crippen LogP contribution in [-0.2, 0) is 9.47 Å². The van der Waals surface area contributed by atoms with Crippen LogP contribution in [0.3, 0.4) is 0 Å². The number of pyridine rings is 3. The minimum atomic E-state index is -0.504. The number of rotatable bonds is 4. The second kappa shape index (κ2) is 10.3. The molecule has 0 radical (unpaired) electrons. The maximum Gasteiger partial charge on any atom is 0.410 e. The summed E-state index contributed by atoms with van der Waals surface area (Å²) in [7, 11) is 0. The van der Waals surface area contributed by atoms with Gasteiger partial charge in [0.05, 0.1) is 5.69 Å². The molecule has 0 aliphatic carbocycles. The molecule has 5 heterocycles. The molecule has 9 nitrogen and oxygen atoms in total. The van der Waals surface area contributed by atoms with Crippen molar-refractivity contribution in [3.63, 3.8) is 0 Å². The van der Waals surface area contributed by atoms with Gasteiger partial charge < -0.3 is 24.6 Å². The van der Waals surface area contributed by atoms with Crippen molar-refractivity contribution in [2.45, 2.75) is 45.3 Å². The van der Waals surface area contributed by atoms with E-state index < -0.39 is 5.60 Å². The first kappa shape index (κ1) is 24.2. The summed E-state index contributed by atoms with van der Waals surface area (Å²) in [6.07, 6.45) is 7.19. The lowest BCUT2D eigenvalue weighted by Gasteiger charge is -2.36. The highest BCUT2D eigenvalue weighted by molar-refractivity contribution is 5.94. The number of aromatic nitrogens is 3. The number of nitrogens with zero attached hydrogens (tertiary/aromatic N) is 5. The van der Waals surface area contributed by atoms with Gasteiger partial charge in [-0.05, 0) is 57.9 Å². The van der Waals surface area contributed by atoms with Crippen molar-refractivity contribution in [1.29, 1.82) is 0 Å². The Hall–Kier alpha value is -3.46. The fraction of sp³-hybridized carbons (Fsp3) is 0.481. The number of carbonyl (C=O) groups excluding carboxylic acids is 1. The Kier molecular flexibility index (Phi) is 6.91. The summed E-state index contributed by atoms with van der Waals surface area (Å²) in [6.45, 7) is 9.76. The van der Waals surface area contributed by atoms with E-state index in [0.717, 1.165) is 59.7 Å². The normalized spacial score (nSPS) is 17.3. The Balaban J connectivity index is 1.38. The molecule has 3 aromatic heterocycles. The third-order valence-corrected chi connectivity index (χ3v) is 6.47. The van der Waals surface area contributed by atoms with E-state index in [2.05, 4.69) is 32.3 Å². The monoisotopic (exact) mass is 490 g/mol. The molecule has 190 valence electrons. The number of nitrogens with one attached hydrogen (secondary N) is 1. The van der Waals surface area contributed by atoms with E-state index in [0.29, 0.717) is 32.2 Å². The molecule has 2 aliphatic rings. The Morgan fingerprint density at radius 3 is 2.61 bits per heavy atom. The zero-order valence-corrected chi connectivity index (χ0v) is 21.2. The summed E-state index contributed by atoms with van der Waals surface area (Å²) < 4.78 is 11.0. The number of carbonyl (C=O) groups is 1. The molecule has 0 aromatic carbocycles. The van der Waals surface area contributed by atoms with Crippen LogP contribution >= 0.6 is 0 Å². The van der Waals surface area contributed by atoms with Crippen LogP contribution in [0.5, 0.6) is 0 Å². The molecule has 0 spiro atoms.